The zero-order valence-corrected chi connectivity index (χ0v) is 14.1. The predicted octanol–water partition coefficient (Wildman–Crippen LogP) is 3.01. The van der Waals surface area contributed by atoms with Crippen molar-refractivity contribution in [2.24, 2.45) is 0 Å². The summed E-state index contributed by atoms with van der Waals surface area (Å²) in [5.41, 5.74) is 2.34. The van der Waals surface area contributed by atoms with Crippen LogP contribution in [0, 0.1) is 10.1 Å². The van der Waals surface area contributed by atoms with E-state index >= 15 is 0 Å². The van der Waals surface area contributed by atoms with Gasteiger partial charge in [-0.2, -0.15) is 0 Å². The molecular formula is C17H25N3O3. The highest BCUT2D eigenvalue weighted by atomic mass is 16.6. The van der Waals surface area contributed by atoms with Crippen LogP contribution in [-0.2, 0) is 0 Å². The van der Waals surface area contributed by atoms with Crippen molar-refractivity contribution in [1.82, 2.24) is 4.90 Å². The highest BCUT2D eigenvalue weighted by Gasteiger charge is 2.33. The van der Waals surface area contributed by atoms with Crippen LogP contribution in [0.4, 0.5) is 11.4 Å². The van der Waals surface area contributed by atoms with Gasteiger partial charge < -0.3 is 14.5 Å². The quantitative estimate of drug-likeness (QED) is 0.617. The third-order valence-corrected chi connectivity index (χ3v) is 5.08. The molecule has 0 bridgehead atoms. The summed E-state index contributed by atoms with van der Waals surface area (Å²) >= 11 is 0. The Kier molecular flexibility index (Phi) is 4.43. The molecule has 6 heteroatoms. The zero-order chi connectivity index (χ0) is 16.6. The van der Waals surface area contributed by atoms with Crippen molar-refractivity contribution < 1.29 is 9.66 Å². The standard InChI is InChI=1S/C17H25N3O3/c1-18(2)13-6-8-19(9-7-13)15-11-17(23-3)16(20(21)22)10-14(15)12-4-5-12/h10-13H,4-9H2,1-3H3. The van der Waals surface area contributed by atoms with E-state index in [9.17, 15) is 10.1 Å². The van der Waals surface area contributed by atoms with Crippen molar-refractivity contribution in [2.75, 3.05) is 39.2 Å². The smallest absolute Gasteiger partial charge is 0.311 e. The molecule has 1 aromatic rings. The topological polar surface area (TPSA) is 58.8 Å². The van der Waals surface area contributed by atoms with E-state index < -0.39 is 0 Å². The highest BCUT2D eigenvalue weighted by molar-refractivity contribution is 5.66. The summed E-state index contributed by atoms with van der Waals surface area (Å²) in [4.78, 5) is 15.6. The minimum atomic E-state index is -0.341. The van der Waals surface area contributed by atoms with E-state index in [4.69, 9.17) is 4.74 Å². The first-order chi connectivity index (χ1) is 11.0. The SMILES string of the molecule is COc1cc(N2CCC(N(C)C)CC2)c(C2CC2)cc1[N+](=O)[O-]. The van der Waals surface area contributed by atoms with Gasteiger partial charge in [-0.05, 0) is 51.3 Å². The number of benzene rings is 1. The van der Waals surface area contributed by atoms with E-state index in [1.807, 2.05) is 6.07 Å². The van der Waals surface area contributed by atoms with Crippen LogP contribution in [0.1, 0.15) is 37.2 Å². The number of hydrogen-bond donors (Lipinski definition) is 0. The molecule has 0 unspecified atom stereocenters. The van der Waals surface area contributed by atoms with Gasteiger partial charge >= 0.3 is 5.69 Å². The van der Waals surface area contributed by atoms with Gasteiger partial charge in [0.2, 0.25) is 0 Å². The largest absolute Gasteiger partial charge is 0.490 e. The fourth-order valence-corrected chi connectivity index (χ4v) is 3.50. The van der Waals surface area contributed by atoms with Gasteiger partial charge in [-0.25, -0.2) is 0 Å². The van der Waals surface area contributed by atoms with Crippen molar-refractivity contribution in [3.05, 3.63) is 27.8 Å². The monoisotopic (exact) mass is 319 g/mol. The molecule has 0 N–H and O–H groups in total. The number of nitro groups is 1. The summed E-state index contributed by atoms with van der Waals surface area (Å²) in [6.07, 6.45) is 4.50. The lowest BCUT2D eigenvalue weighted by molar-refractivity contribution is -0.385. The number of nitrogens with zero attached hydrogens (tertiary/aromatic N) is 3. The van der Waals surface area contributed by atoms with Crippen molar-refractivity contribution in [2.45, 2.75) is 37.6 Å². The Balaban J connectivity index is 1.90. The lowest BCUT2D eigenvalue weighted by Crippen LogP contribution is -2.42. The summed E-state index contributed by atoms with van der Waals surface area (Å²) in [5.74, 6) is 0.838. The molecule has 1 heterocycles. The average molecular weight is 319 g/mol. The van der Waals surface area contributed by atoms with Crippen molar-refractivity contribution in [1.29, 1.82) is 0 Å². The number of anilines is 1. The molecular weight excluding hydrogens is 294 g/mol. The van der Waals surface area contributed by atoms with Gasteiger partial charge in [-0.3, -0.25) is 10.1 Å². The van der Waals surface area contributed by atoms with Crippen molar-refractivity contribution in [3.8, 4) is 5.75 Å². The lowest BCUT2D eigenvalue weighted by Gasteiger charge is -2.37. The molecule has 0 amide bonds. The number of nitro benzene ring substituents is 1. The summed E-state index contributed by atoms with van der Waals surface area (Å²) in [5, 5.41) is 11.3. The van der Waals surface area contributed by atoms with Gasteiger partial charge in [0.15, 0.2) is 5.75 Å². The van der Waals surface area contributed by atoms with Gasteiger partial charge in [0.05, 0.1) is 12.0 Å². The minimum Gasteiger partial charge on any atom is -0.490 e. The van der Waals surface area contributed by atoms with E-state index in [1.165, 1.54) is 7.11 Å². The summed E-state index contributed by atoms with van der Waals surface area (Å²) < 4.78 is 5.28. The van der Waals surface area contributed by atoms with Gasteiger partial charge in [0.1, 0.15) is 0 Å². The Hall–Kier alpha value is -1.82. The molecule has 1 aromatic carbocycles. The first-order valence-corrected chi connectivity index (χ1v) is 8.29. The van der Waals surface area contributed by atoms with E-state index in [-0.39, 0.29) is 10.6 Å². The van der Waals surface area contributed by atoms with E-state index in [0.717, 1.165) is 50.0 Å². The molecule has 1 aliphatic heterocycles. The van der Waals surface area contributed by atoms with Crippen LogP contribution in [0.15, 0.2) is 12.1 Å². The summed E-state index contributed by atoms with van der Waals surface area (Å²) in [6.45, 7) is 1.98. The Morgan fingerprint density at radius 1 is 1.22 bits per heavy atom. The molecule has 1 saturated carbocycles. The number of ether oxygens (including phenoxy) is 1. The van der Waals surface area contributed by atoms with Gasteiger partial charge in [-0.15, -0.1) is 0 Å². The van der Waals surface area contributed by atoms with Gasteiger partial charge in [0, 0.05) is 37.0 Å². The Morgan fingerprint density at radius 3 is 2.35 bits per heavy atom. The van der Waals surface area contributed by atoms with Crippen LogP contribution in [0.2, 0.25) is 0 Å². The van der Waals surface area contributed by atoms with Crippen molar-refractivity contribution in [3.63, 3.8) is 0 Å². The fraction of sp³-hybridized carbons (Fsp3) is 0.647. The van der Waals surface area contributed by atoms with Crippen molar-refractivity contribution >= 4 is 11.4 Å². The molecule has 0 atom stereocenters. The maximum atomic E-state index is 11.3. The molecule has 1 saturated heterocycles. The minimum absolute atomic E-state index is 0.0846. The first-order valence-electron chi connectivity index (χ1n) is 8.29. The maximum Gasteiger partial charge on any atom is 0.311 e. The third kappa shape index (κ3) is 3.27. The van der Waals surface area contributed by atoms with Gasteiger partial charge in [-0.1, -0.05) is 0 Å². The lowest BCUT2D eigenvalue weighted by atomic mass is 10.00. The molecule has 0 spiro atoms. The fourth-order valence-electron chi connectivity index (χ4n) is 3.50. The molecule has 6 nitrogen and oxygen atoms in total. The van der Waals surface area contributed by atoms with E-state index in [0.29, 0.717) is 17.7 Å². The summed E-state index contributed by atoms with van der Waals surface area (Å²) in [6, 6.07) is 4.24. The van der Waals surface area contributed by atoms with Crippen LogP contribution in [0.3, 0.4) is 0 Å². The molecule has 2 fully saturated rings. The number of hydrogen-bond acceptors (Lipinski definition) is 5. The average Bonchev–Trinajstić information content (AvgIpc) is 3.38. The highest BCUT2D eigenvalue weighted by Crippen LogP contribution is 2.48. The number of rotatable bonds is 5. The second-order valence-electron chi connectivity index (χ2n) is 6.80. The third-order valence-electron chi connectivity index (χ3n) is 5.08. The molecule has 2 aliphatic rings. The van der Waals surface area contributed by atoms with Crippen LogP contribution in [0.25, 0.3) is 0 Å². The zero-order valence-electron chi connectivity index (χ0n) is 14.1. The van der Waals surface area contributed by atoms with E-state index in [1.54, 1.807) is 6.07 Å². The number of methoxy groups -OCH3 is 1. The van der Waals surface area contributed by atoms with Crippen LogP contribution in [-0.4, -0.2) is 50.2 Å². The second-order valence-corrected chi connectivity index (χ2v) is 6.80. The second kappa shape index (κ2) is 6.35. The molecule has 0 radical (unpaired) electrons. The van der Waals surface area contributed by atoms with Gasteiger partial charge in [0.25, 0.3) is 0 Å². The van der Waals surface area contributed by atoms with Crippen LogP contribution >= 0.6 is 0 Å². The summed E-state index contributed by atoms with van der Waals surface area (Å²) in [7, 11) is 5.76. The molecule has 126 valence electrons. The Morgan fingerprint density at radius 2 is 1.87 bits per heavy atom. The van der Waals surface area contributed by atoms with E-state index in [2.05, 4.69) is 23.9 Å². The Bertz CT molecular complexity index is 591. The van der Waals surface area contributed by atoms with Crippen LogP contribution < -0.4 is 9.64 Å². The molecule has 0 aromatic heterocycles. The number of piperidine rings is 1. The maximum absolute atomic E-state index is 11.3. The molecule has 23 heavy (non-hydrogen) atoms. The van der Waals surface area contributed by atoms with Crippen LogP contribution in [0.5, 0.6) is 5.75 Å². The molecule has 3 rings (SSSR count). The molecule has 1 aliphatic carbocycles. The predicted molar refractivity (Wildman–Crippen MR) is 90.5 cm³/mol. The first kappa shape index (κ1) is 16.1. The normalized spacial score (nSPS) is 19.2. The Labute approximate surface area is 137 Å².